The van der Waals surface area contributed by atoms with Crippen molar-refractivity contribution in [1.29, 1.82) is 0 Å². The molecule has 30 heavy (non-hydrogen) atoms. The van der Waals surface area contributed by atoms with Crippen LogP contribution in [0.1, 0.15) is 22.3 Å². The summed E-state index contributed by atoms with van der Waals surface area (Å²) in [6, 6.07) is 25.9. The number of hydrogen-bond acceptors (Lipinski definition) is 2. The second kappa shape index (κ2) is 10.6. The van der Waals surface area contributed by atoms with E-state index in [0.29, 0.717) is 0 Å². The molecule has 0 spiro atoms. The molecule has 0 heterocycles. The Bertz CT molecular complexity index is 1080. The third-order valence-corrected chi connectivity index (χ3v) is 7.85. The highest BCUT2D eigenvalue weighted by atomic mass is 32.2. The maximum absolute atomic E-state index is 4.29. The van der Waals surface area contributed by atoms with E-state index >= 15 is 0 Å². The third kappa shape index (κ3) is 7.85. The van der Waals surface area contributed by atoms with E-state index in [4.69, 9.17) is 0 Å². The largest absolute Gasteiger partial charge is 0.143 e. The van der Waals surface area contributed by atoms with Gasteiger partial charge in [0.2, 0.25) is 0 Å². The van der Waals surface area contributed by atoms with Gasteiger partial charge >= 0.3 is 0 Å². The van der Waals surface area contributed by atoms with Crippen LogP contribution in [0.15, 0.2) is 82.6 Å². The zero-order valence-corrected chi connectivity index (χ0v) is 20.4. The second-order valence-electron chi connectivity index (χ2n) is 8.31. The average Bonchev–Trinajstić information content (AvgIpc) is 2.73. The molecule has 0 aromatic heterocycles. The maximum Gasteiger partial charge on any atom is 0.0450 e. The van der Waals surface area contributed by atoms with E-state index in [1.807, 2.05) is 60.3 Å². The van der Waals surface area contributed by atoms with Crippen LogP contribution in [0.3, 0.4) is 0 Å². The summed E-state index contributed by atoms with van der Waals surface area (Å²) in [5.74, 6) is 14.1. The summed E-state index contributed by atoms with van der Waals surface area (Å²) < 4.78 is 0. The van der Waals surface area contributed by atoms with Crippen molar-refractivity contribution >= 4 is 32.5 Å². The van der Waals surface area contributed by atoms with Gasteiger partial charge < -0.3 is 0 Å². The van der Waals surface area contributed by atoms with Gasteiger partial charge in [0, 0.05) is 40.1 Å². The van der Waals surface area contributed by atoms with E-state index < -0.39 is 8.07 Å². The van der Waals surface area contributed by atoms with E-state index in [1.165, 1.54) is 16.7 Å². The first-order valence-corrected chi connectivity index (χ1v) is 15.2. The summed E-state index contributed by atoms with van der Waals surface area (Å²) in [4.78, 5) is 2.27. The molecule has 0 aliphatic carbocycles. The van der Waals surface area contributed by atoms with Crippen molar-refractivity contribution in [2.45, 2.75) is 35.5 Å². The Morgan fingerprint density at radius 3 is 1.40 bits per heavy atom. The van der Waals surface area contributed by atoms with Gasteiger partial charge in [-0.2, -0.15) is 0 Å². The van der Waals surface area contributed by atoms with Crippen LogP contribution in [0, 0.1) is 23.7 Å². The monoisotopic (exact) mass is 442 g/mol. The van der Waals surface area contributed by atoms with E-state index in [1.54, 1.807) is 0 Å². The fraction of sp³-hybridized carbons (Fsp3) is 0.185. The molecular formula is C27H26S2Si. The molecule has 0 saturated heterocycles. The first kappa shape index (κ1) is 22.4. The summed E-state index contributed by atoms with van der Waals surface area (Å²) in [6.45, 7) is 7.27. The van der Waals surface area contributed by atoms with E-state index in [0.717, 1.165) is 27.1 Å². The molecule has 0 nitrogen and oxygen atoms in total. The molecule has 3 aromatic rings. The van der Waals surface area contributed by atoms with Gasteiger partial charge in [-0.3, -0.25) is 0 Å². The molecule has 0 aliphatic rings. The molecular weight excluding hydrogens is 417 g/mol. The fourth-order valence-corrected chi connectivity index (χ4v) is 6.15. The Morgan fingerprint density at radius 1 is 0.633 bits per heavy atom. The van der Waals surface area contributed by atoms with Gasteiger partial charge in [-0.1, -0.05) is 43.3 Å². The number of thioether (sulfide) groups is 1. The zero-order chi connectivity index (χ0) is 21.4. The Hall–Kier alpha value is -2.30. The fourth-order valence-electron chi connectivity index (χ4n) is 2.58. The predicted molar refractivity (Wildman–Crippen MR) is 137 cm³/mol. The third-order valence-electron chi connectivity index (χ3n) is 4.43. The van der Waals surface area contributed by atoms with Gasteiger partial charge in [0.15, 0.2) is 0 Å². The molecule has 0 N–H and O–H groups in total. The van der Waals surface area contributed by atoms with Crippen molar-refractivity contribution in [3.8, 4) is 23.7 Å². The molecule has 0 fully saturated rings. The van der Waals surface area contributed by atoms with Crippen molar-refractivity contribution in [3.05, 3.63) is 95.1 Å². The second-order valence-corrected chi connectivity index (χ2v) is 15.6. The van der Waals surface area contributed by atoms with Crippen LogP contribution >= 0.6 is 24.4 Å². The van der Waals surface area contributed by atoms with E-state index in [2.05, 4.69) is 80.2 Å². The summed E-state index contributed by atoms with van der Waals surface area (Å²) in [5.41, 5.74) is 4.00. The maximum atomic E-state index is 4.29. The van der Waals surface area contributed by atoms with Crippen LogP contribution in [0.5, 0.6) is 0 Å². The van der Waals surface area contributed by atoms with Crippen molar-refractivity contribution in [2.75, 3.05) is 5.75 Å². The quantitative estimate of drug-likeness (QED) is 0.193. The molecule has 0 saturated carbocycles. The first-order chi connectivity index (χ1) is 14.4. The molecule has 150 valence electrons. The van der Waals surface area contributed by atoms with Crippen molar-refractivity contribution < 1.29 is 0 Å². The average molecular weight is 443 g/mol. The first-order valence-electron chi connectivity index (χ1n) is 10.0. The van der Waals surface area contributed by atoms with Crippen LogP contribution in [-0.4, -0.2) is 13.8 Å². The highest BCUT2D eigenvalue weighted by Crippen LogP contribution is 2.22. The van der Waals surface area contributed by atoms with Gasteiger partial charge in [0.1, 0.15) is 0 Å². The SMILES string of the molecule is C[Si](C)(C)CCSc1ccc(C#Cc2ccc(C#Cc3ccc(S)cc3)cc2)cc1. The standard InChI is InChI=1S/C27H26S2Si/c1-30(2,3)21-20-29-27-18-14-25(15-19-27)11-9-23-6-4-22(5-7-23)8-10-24-12-16-26(28)17-13-24/h4-7,12-19,28H,20-21H2,1-3H3. The van der Waals surface area contributed by atoms with Crippen LogP contribution in [-0.2, 0) is 0 Å². The Balaban J connectivity index is 1.58. The smallest absolute Gasteiger partial charge is 0.0450 e. The summed E-state index contributed by atoms with van der Waals surface area (Å²) in [7, 11) is -0.956. The summed E-state index contributed by atoms with van der Waals surface area (Å²) >= 11 is 6.24. The number of rotatable bonds is 4. The topological polar surface area (TPSA) is 0 Å². The highest BCUT2D eigenvalue weighted by Gasteiger charge is 2.12. The van der Waals surface area contributed by atoms with Gasteiger partial charge in [-0.15, -0.1) is 24.4 Å². The summed E-state index contributed by atoms with van der Waals surface area (Å²) in [5, 5.41) is 0. The predicted octanol–water partition coefficient (Wildman–Crippen LogP) is 7.21. The Labute approximate surface area is 191 Å². The van der Waals surface area contributed by atoms with Gasteiger partial charge in [-0.25, -0.2) is 0 Å². The Morgan fingerprint density at radius 2 is 1.00 bits per heavy atom. The summed E-state index contributed by atoms with van der Waals surface area (Å²) in [6.07, 6.45) is 0. The van der Waals surface area contributed by atoms with Crippen LogP contribution in [0.4, 0.5) is 0 Å². The minimum Gasteiger partial charge on any atom is -0.143 e. The molecule has 0 amide bonds. The zero-order valence-electron chi connectivity index (χ0n) is 17.7. The number of hydrogen-bond donors (Lipinski definition) is 1. The number of thiol groups is 1. The van der Waals surface area contributed by atoms with Gasteiger partial charge in [0.05, 0.1) is 0 Å². The van der Waals surface area contributed by atoms with Crippen molar-refractivity contribution in [3.63, 3.8) is 0 Å². The van der Waals surface area contributed by atoms with Crippen LogP contribution < -0.4 is 0 Å². The normalized spacial score (nSPS) is 10.5. The van der Waals surface area contributed by atoms with Crippen molar-refractivity contribution in [2.24, 2.45) is 0 Å². The van der Waals surface area contributed by atoms with Crippen LogP contribution in [0.25, 0.3) is 0 Å². The van der Waals surface area contributed by atoms with E-state index in [-0.39, 0.29) is 0 Å². The molecule has 0 bridgehead atoms. The van der Waals surface area contributed by atoms with E-state index in [9.17, 15) is 0 Å². The van der Waals surface area contributed by atoms with Crippen LogP contribution in [0.2, 0.25) is 25.7 Å². The molecule has 0 aliphatic heterocycles. The molecule has 3 heteroatoms. The highest BCUT2D eigenvalue weighted by molar-refractivity contribution is 7.99. The van der Waals surface area contributed by atoms with Gasteiger partial charge in [-0.05, 0) is 84.6 Å². The Kier molecular flexibility index (Phi) is 7.94. The lowest BCUT2D eigenvalue weighted by molar-refractivity contribution is 1.35. The minimum absolute atomic E-state index is 0.943. The molecule has 3 rings (SSSR count). The minimum atomic E-state index is -0.956. The number of benzene rings is 3. The molecule has 0 unspecified atom stereocenters. The molecule has 0 atom stereocenters. The lowest BCUT2D eigenvalue weighted by Gasteiger charge is -2.14. The van der Waals surface area contributed by atoms with Crippen molar-refractivity contribution in [1.82, 2.24) is 0 Å². The van der Waals surface area contributed by atoms with Gasteiger partial charge in [0.25, 0.3) is 0 Å². The molecule has 3 aromatic carbocycles. The molecule has 0 radical (unpaired) electrons. The lowest BCUT2D eigenvalue weighted by atomic mass is 10.1. The lowest BCUT2D eigenvalue weighted by Crippen LogP contribution is -2.19.